The molecule has 0 aliphatic heterocycles. The Morgan fingerprint density at radius 3 is 2.44 bits per heavy atom. The average molecular weight is 274 g/mol. The first-order chi connectivity index (χ1) is 8.40. The smallest absolute Gasteiger partial charge is 0.244 e. The van der Waals surface area contributed by atoms with E-state index >= 15 is 0 Å². The lowest BCUT2D eigenvalue weighted by Crippen LogP contribution is -2.26. The molecule has 0 saturated heterocycles. The monoisotopic (exact) mass is 274 g/mol. The highest BCUT2D eigenvalue weighted by molar-refractivity contribution is 7.89. The maximum Gasteiger partial charge on any atom is 0.244 e. The maximum absolute atomic E-state index is 12.1. The van der Waals surface area contributed by atoms with Gasteiger partial charge in [-0.3, -0.25) is 4.68 Å². The molecule has 0 radical (unpaired) electrons. The summed E-state index contributed by atoms with van der Waals surface area (Å²) in [4.78, 5) is 0.295. The number of aromatic nitrogens is 2. The van der Waals surface area contributed by atoms with Gasteiger partial charge in [0.1, 0.15) is 4.90 Å². The molecule has 1 aromatic rings. The second kappa shape index (κ2) is 6.31. The highest BCUT2D eigenvalue weighted by atomic mass is 32.2. The summed E-state index contributed by atoms with van der Waals surface area (Å²) >= 11 is 0. The van der Waals surface area contributed by atoms with E-state index in [1.165, 1.54) is 0 Å². The minimum Gasteiger partial charge on any atom is -0.330 e. The highest BCUT2D eigenvalue weighted by Crippen LogP contribution is 2.18. The van der Waals surface area contributed by atoms with Crippen LogP contribution in [0.15, 0.2) is 4.90 Å². The van der Waals surface area contributed by atoms with Gasteiger partial charge in [-0.05, 0) is 33.2 Å². The summed E-state index contributed by atoms with van der Waals surface area (Å²) in [5, 5.41) is 4.12. The topological polar surface area (TPSA) is 90.0 Å². The van der Waals surface area contributed by atoms with E-state index in [0.29, 0.717) is 29.4 Å². The Kier molecular flexibility index (Phi) is 5.30. The van der Waals surface area contributed by atoms with Crippen LogP contribution in [0, 0.1) is 13.8 Å². The van der Waals surface area contributed by atoms with E-state index < -0.39 is 10.0 Å². The summed E-state index contributed by atoms with van der Waals surface area (Å²) in [7, 11) is -1.71. The number of hydrogen-bond donors (Lipinski definition) is 2. The quantitative estimate of drug-likeness (QED) is 0.706. The number of unbranched alkanes of at least 4 members (excludes halogenated alkanes) is 2. The van der Waals surface area contributed by atoms with Crippen molar-refractivity contribution in [3.63, 3.8) is 0 Å². The Balaban J connectivity index is 2.69. The number of aryl methyl sites for hydroxylation is 2. The molecule has 104 valence electrons. The molecular formula is C11H22N4O2S. The van der Waals surface area contributed by atoms with Crippen LogP contribution in [0.25, 0.3) is 0 Å². The summed E-state index contributed by atoms with van der Waals surface area (Å²) in [6.45, 7) is 4.54. The third kappa shape index (κ3) is 3.54. The molecule has 1 rings (SSSR count). The minimum atomic E-state index is -3.45. The summed E-state index contributed by atoms with van der Waals surface area (Å²) < 4.78 is 28.5. The molecule has 0 saturated carbocycles. The molecule has 0 amide bonds. The van der Waals surface area contributed by atoms with Gasteiger partial charge in [0.2, 0.25) is 10.0 Å². The second-order valence-corrected chi connectivity index (χ2v) is 6.07. The molecule has 0 unspecified atom stereocenters. The van der Waals surface area contributed by atoms with Gasteiger partial charge in [0, 0.05) is 13.6 Å². The van der Waals surface area contributed by atoms with Gasteiger partial charge in [-0.25, -0.2) is 13.1 Å². The van der Waals surface area contributed by atoms with Crippen LogP contribution in [0.2, 0.25) is 0 Å². The Labute approximate surface area is 109 Å². The molecule has 1 heterocycles. The van der Waals surface area contributed by atoms with Crippen LogP contribution in [0.1, 0.15) is 30.7 Å². The first-order valence-electron chi connectivity index (χ1n) is 6.10. The molecule has 0 aromatic carbocycles. The number of nitrogens with zero attached hydrogens (tertiary/aromatic N) is 2. The Morgan fingerprint density at radius 2 is 1.94 bits per heavy atom. The fourth-order valence-corrected chi connectivity index (χ4v) is 3.38. The number of rotatable bonds is 7. The number of sulfonamides is 1. The van der Waals surface area contributed by atoms with Crippen molar-refractivity contribution in [2.45, 2.75) is 38.0 Å². The Morgan fingerprint density at radius 1 is 1.28 bits per heavy atom. The molecule has 0 atom stereocenters. The minimum absolute atomic E-state index is 0.295. The molecule has 0 aliphatic carbocycles. The highest BCUT2D eigenvalue weighted by Gasteiger charge is 2.22. The third-order valence-electron chi connectivity index (χ3n) is 2.88. The third-order valence-corrected chi connectivity index (χ3v) is 4.60. The van der Waals surface area contributed by atoms with Crippen LogP contribution in [-0.2, 0) is 17.1 Å². The SMILES string of the molecule is Cc1nn(C)c(C)c1S(=O)(=O)NCCCCCN. The molecule has 0 fully saturated rings. The molecule has 0 spiro atoms. The van der Waals surface area contributed by atoms with Gasteiger partial charge in [-0.2, -0.15) is 5.10 Å². The number of hydrogen-bond acceptors (Lipinski definition) is 4. The summed E-state index contributed by atoms with van der Waals surface area (Å²) in [6.07, 6.45) is 2.66. The van der Waals surface area contributed by atoms with Crippen molar-refractivity contribution in [3.8, 4) is 0 Å². The molecule has 7 heteroatoms. The molecular weight excluding hydrogens is 252 g/mol. The van der Waals surface area contributed by atoms with Gasteiger partial charge in [-0.1, -0.05) is 6.42 Å². The van der Waals surface area contributed by atoms with Gasteiger partial charge in [0.25, 0.3) is 0 Å². The molecule has 0 aliphatic rings. The van der Waals surface area contributed by atoms with Crippen LogP contribution >= 0.6 is 0 Å². The van der Waals surface area contributed by atoms with Gasteiger partial charge in [0.05, 0.1) is 11.4 Å². The fourth-order valence-electron chi connectivity index (χ4n) is 1.87. The van der Waals surface area contributed by atoms with E-state index in [1.54, 1.807) is 25.6 Å². The zero-order chi connectivity index (χ0) is 13.8. The van der Waals surface area contributed by atoms with Gasteiger partial charge in [0.15, 0.2) is 0 Å². The van der Waals surface area contributed by atoms with Gasteiger partial charge >= 0.3 is 0 Å². The Hall–Kier alpha value is -0.920. The van der Waals surface area contributed by atoms with Crippen molar-refractivity contribution in [1.82, 2.24) is 14.5 Å². The standard InChI is InChI=1S/C11H22N4O2S/c1-9-11(10(2)15(3)14-9)18(16,17)13-8-6-4-5-7-12/h13H,4-8,12H2,1-3H3. The average Bonchev–Trinajstić information content (AvgIpc) is 2.53. The Bertz CT molecular complexity index is 493. The van der Waals surface area contributed by atoms with E-state index in [2.05, 4.69) is 9.82 Å². The van der Waals surface area contributed by atoms with Crippen LogP contribution in [0.3, 0.4) is 0 Å². The zero-order valence-corrected chi connectivity index (χ0v) is 12.0. The van der Waals surface area contributed by atoms with Crippen molar-refractivity contribution in [1.29, 1.82) is 0 Å². The lowest BCUT2D eigenvalue weighted by Gasteiger charge is -2.06. The second-order valence-electron chi connectivity index (χ2n) is 4.37. The number of nitrogens with two attached hydrogens (primary N) is 1. The summed E-state index contributed by atoms with van der Waals surface area (Å²) in [6, 6.07) is 0. The van der Waals surface area contributed by atoms with Crippen LogP contribution < -0.4 is 10.5 Å². The van der Waals surface area contributed by atoms with Crippen molar-refractivity contribution >= 4 is 10.0 Å². The van der Waals surface area contributed by atoms with E-state index in [9.17, 15) is 8.42 Å². The predicted molar refractivity (Wildman–Crippen MR) is 70.8 cm³/mol. The molecule has 18 heavy (non-hydrogen) atoms. The van der Waals surface area contributed by atoms with Gasteiger partial charge in [-0.15, -0.1) is 0 Å². The summed E-state index contributed by atoms with van der Waals surface area (Å²) in [5.74, 6) is 0. The molecule has 3 N–H and O–H groups in total. The first-order valence-corrected chi connectivity index (χ1v) is 7.58. The fraction of sp³-hybridized carbons (Fsp3) is 0.727. The lowest BCUT2D eigenvalue weighted by molar-refractivity contribution is 0.573. The van der Waals surface area contributed by atoms with E-state index in [0.717, 1.165) is 19.3 Å². The maximum atomic E-state index is 12.1. The van der Waals surface area contributed by atoms with Crippen LogP contribution in [0.5, 0.6) is 0 Å². The van der Waals surface area contributed by atoms with E-state index in [-0.39, 0.29) is 0 Å². The molecule has 6 nitrogen and oxygen atoms in total. The van der Waals surface area contributed by atoms with E-state index in [4.69, 9.17) is 5.73 Å². The van der Waals surface area contributed by atoms with Crippen molar-refractivity contribution in [3.05, 3.63) is 11.4 Å². The van der Waals surface area contributed by atoms with Gasteiger partial charge < -0.3 is 5.73 Å². The number of nitrogens with one attached hydrogen (secondary N) is 1. The van der Waals surface area contributed by atoms with Crippen LogP contribution in [-0.4, -0.2) is 31.3 Å². The molecule has 1 aromatic heterocycles. The van der Waals surface area contributed by atoms with Crippen molar-refractivity contribution in [2.75, 3.05) is 13.1 Å². The largest absolute Gasteiger partial charge is 0.330 e. The lowest BCUT2D eigenvalue weighted by atomic mass is 10.2. The first kappa shape index (κ1) is 15.1. The zero-order valence-electron chi connectivity index (χ0n) is 11.2. The van der Waals surface area contributed by atoms with Crippen LogP contribution in [0.4, 0.5) is 0 Å². The molecule has 0 bridgehead atoms. The van der Waals surface area contributed by atoms with E-state index in [1.807, 2.05) is 0 Å². The normalized spacial score (nSPS) is 12.0. The van der Waals surface area contributed by atoms with Crippen molar-refractivity contribution in [2.24, 2.45) is 12.8 Å². The summed E-state index contributed by atoms with van der Waals surface area (Å²) in [5.41, 5.74) is 6.57. The predicted octanol–water partition coefficient (Wildman–Crippen LogP) is 0.444. The van der Waals surface area contributed by atoms with Crippen molar-refractivity contribution < 1.29 is 8.42 Å².